The summed E-state index contributed by atoms with van der Waals surface area (Å²) in [7, 11) is 0. The first kappa shape index (κ1) is 11.0. The fourth-order valence-electron chi connectivity index (χ4n) is 1.40. The lowest BCUT2D eigenvalue weighted by Crippen LogP contribution is -2.27. The second kappa shape index (κ2) is 4.17. The van der Waals surface area contributed by atoms with Crippen LogP contribution in [0, 0.1) is 5.82 Å². The van der Waals surface area contributed by atoms with Crippen LogP contribution in [-0.4, -0.2) is 15.8 Å². The fraction of sp³-hybridized carbons (Fsp3) is 0. The van der Waals surface area contributed by atoms with Gasteiger partial charge in [-0.15, -0.1) is 0 Å². The van der Waals surface area contributed by atoms with E-state index in [1.807, 2.05) is 4.98 Å². The first-order valence-corrected chi connectivity index (χ1v) is 4.69. The van der Waals surface area contributed by atoms with Crippen molar-refractivity contribution in [1.82, 2.24) is 9.55 Å². The van der Waals surface area contributed by atoms with Crippen molar-refractivity contribution in [2.75, 3.05) is 0 Å². The lowest BCUT2D eigenvalue weighted by Gasteiger charge is -2.05. The van der Waals surface area contributed by atoms with E-state index < -0.39 is 17.1 Å². The molecule has 0 bridgehead atoms. The molecule has 0 radical (unpaired) electrons. The number of aromatic amines is 1. The van der Waals surface area contributed by atoms with E-state index in [0.717, 1.165) is 16.7 Å². The molecule has 1 aromatic carbocycles. The van der Waals surface area contributed by atoms with E-state index in [0.29, 0.717) is 6.29 Å². The quantitative estimate of drug-likeness (QED) is 0.768. The zero-order valence-corrected chi connectivity index (χ0v) is 8.51. The van der Waals surface area contributed by atoms with Gasteiger partial charge < -0.3 is 0 Å². The zero-order valence-electron chi connectivity index (χ0n) is 8.51. The molecule has 1 aromatic heterocycles. The van der Waals surface area contributed by atoms with Gasteiger partial charge in [0.05, 0.1) is 5.69 Å². The monoisotopic (exact) mass is 234 g/mol. The summed E-state index contributed by atoms with van der Waals surface area (Å²) in [6, 6.07) is 4.79. The maximum Gasteiger partial charge on any atom is 0.333 e. The Morgan fingerprint density at radius 1 is 1.24 bits per heavy atom. The first-order valence-electron chi connectivity index (χ1n) is 4.69. The third-order valence-corrected chi connectivity index (χ3v) is 2.19. The molecule has 86 valence electrons. The van der Waals surface area contributed by atoms with Crippen molar-refractivity contribution in [2.24, 2.45) is 0 Å². The molecule has 1 heterocycles. The maximum absolute atomic E-state index is 13.6. The molecule has 17 heavy (non-hydrogen) atoms. The fourth-order valence-corrected chi connectivity index (χ4v) is 1.40. The second-order valence-electron chi connectivity index (χ2n) is 3.31. The molecule has 0 amide bonds. The number of halogens is 1. The number of carbonyl (C=O) groups is 1. The third-order valence-electron chi connectivity index (χ3n) is 2.19. The van der Waals surface area contributed by atoms with Crippen molar-refractivity contribution in [3.8, 4) is 5.69 Å². The van der Waals surface area contributed by atoms with Gasteiger partial charge in [0.25, 0.3) is 5.56 Å². The molecule has 6 heteroatoms. The van der Waals surface area contributed by atoms with Crippen LogP contribution in [0.25, 0.3) is 5.69 Å². The SMILES string of the molecule is O=Cc1ccc(-n2ccc(=O)[nH]c2=O)c(F)c1. The highest BCUT2D eigenvalue weighted by Gasteiger charge is 2.07. The third kappa shape index (κ3) is 2.05. The minimum absolute atomic E-state index is 0.0307. The summed E-state index contributed by atoms with van der Waals surface area (Å²) in [5, 5.41) is 0. The number of aldehydes is 1. The van der Waals surface area contributed by atoms with Gasteiger partial charge >= 0.3 is 5.69 Å². The van der Waals surface area contributed by atoms with Crippen LogP contribution in [0.3, 0.4) is 0 Å². The average molecular weight is 234 g/mol. The molecular weight excluding hydrogens is 227 g/mol. The Labute approximate surface area is 94.2 Å². The summed E-state index contributed by atoms with van der Waals surface area (Å²) in [5.74, 6) is -0.719. The molecular formula is C11H7FN2O3. The number of hydrogen-bond acceptors (Lipinski definition) is 3. The number of aromatic nitrogens is 2. The van der Waals surface area contributed by atoms with Crippen molar-refractivity contribution in [3.63, 3.8) is 0 Å². The van der Waals surface area contributed by atoms with E-state index in [9.17, 15) is 18.8 Å². The molecule has 5 nitrogen and oxygen atoms in total. The van der Waals surface area contributed by atoms with Crippen LogP contribution in [-0.2, 0) is 0 Å². The van der Waals surface area contributed by atoms with E-state index in [1.54, 1.807) is 0 Å². The van der Waals surface area contributed by atoms with Crippen LogP contribution >= 0.6 is 0 Å². The van der Waals surface area contributed by atoms with Crippen LogP contribution in [0.15, 0.2) is 40.1 Å². The Balaban J connectivity index is 2.65. The Hall–Kier alpha value is -2.50. The van der Waals surface area contributed by atoms with Gasteiger partial charge in [-0.25, -0.2) is 9.18 Å². The van der Waals surface area contributed by atoms with Crippen molar-refractivity contribution >= 4 is 6.29 Å². The van der Waals surface area contributed by atoms with Crippen molar-refractivity contribution in [2.45, 2.75) is 0 Å². The van der Waals surface area contributed by atoms with Gasteiger partial charge in [0, 0.05) is 17.8 Å². The minimum atomic E-state index is -0.741. The average Bonchev–Trinajstić information content (AvgIpc) is 2.30. The standard InChI is InChI=1S/C11H7FN2O3/c12-8-5-7(6-15)1-2-9(8)14-4-3-10(16)13-11(14)17/h1-6H,(H,13,16,17). The summed E-state index contributed by atoms with van der Waals surface area (Å²) < 4.78 is 14.5. The number of nitrogens with zero attached hydrogens (tertiary/aromatic N) is 1. The highest BCUT2D eigenvalue weighted by molar-refractivity contribution is 5.75. The number of rotatable bonds is 2. The number of carbonyl (C=O) groups excluding carboxylic acids is 1. The second-order valence-corrected chi connectivity index (χ2v) is 3.31. The topological polar surface area (TPSA) is 71.9 Å². The van der Waals surface area contributed by atoms with Crippen LogP contribution in [0.1, 0.15) is 10.4 Å². The molecule has 0 saturated carbocycles. The maximum atomic E-state index is 13.6. The molecule has 2 rings (SSSR count). The molecule has 0 atom stereocenters. The number of hydrogen-bond donors (Lipinski definition) is 1. The van der Waals surface area contributed by atoms with Gasteiger partial charge in [-0.2, -0.15) is 0 Å². The van der Waals surface area contributed by atoms with Crippen LogP contribution in [0.4, 0.5) is 4.39 Å². The summed E-state index contributed by atoms with van der Waals surface area (Å²) in [6.07, 6.45) is 1.67. The van der Waals surface area contributed by atoms with E-state index >= 15 is 0 Å². The first-order chi connectivity index (χ1) is 8.11. The highest BCUT2D eigenvalue weighted by Crippen LogP contribution is 2.11. The van der Waals surface area contributed by atoms with Gasteiger partial charge in [0.15, 0.2) is 0 Å². The minimum Gasteiger partial charge on any atom is -0.298 e. The molecule has 2 aromatic rings. The molecule has 0 saturated heterocycles. The molecule has 0 spiro atoms. The summed E-state index contributed by atoms with van der Waals surface area (Å²) in [4.78, 5) is 34.7. The van der Waals surface area contributed by atoms with Crippen LogP contribution in [0.5, 0.6) is 0 Å². The van der Waals surface area contributed by atoms with E-state index in [4.69, 9.17) is 0 Å². The molecule has 0 unspecified atom stereocenters. The van der Waals surface area contributed by atoms with Gasteiger partial charge in [-0.1, -0.05) is 0 Å². The smallest absolute Gasteiger partial charge is 0.298 e. The predicted octanol–water partition coefficient (Wildman–Crippen LogP) is 0.477. The number of H-pyrrole nitrogens is 1. The van der Waals surface area contributed by atoms with E-state index in [2.05, 4.69) is 0 Å². The Morgan fingerprint density at radius 2 is 2.00 bits per heavy atom. The zero-order chi connectivity index (χ0) is 12.4. The Morgan fingerprint density at radius 3 is 2.59 bits per heavy atom. The molecule has 0 fully saturated rings. The van der Waals surface area contributed by atoms with Crippen molar-refractivity contribution < 1.29 is 9.18 Å². The molecule has 0 aliphatic rings. The van der Waals surface area contributed by atoms with E-state index in [1.165, 1.54) is 18.3 Å². The largest absolute Gasteiger partial charge is 0.333 e. The van der Waals surface area contributed by atoms with Gasteiger partial charge in [0.1, 0.15) is 12.1 Å². The summed E-state index contributed by atoms with van der Waals surface area (Å²) >= 11 is 0. The predicted molar refractivity (Wildman–Crippen MR) is 58.0 cm³/mol. The lowest BCUT2D eigenvalue weighted by atomic mass is 10.2. The molecule has 0 aliphatic carbocycles. The summed E-state index contributed by atoms with van der Waals surface area (Å²) in [5.41, 5.74) is -1.16. The normalized spacial score (nSPS) is 10.2. The molecule has 1 N–H and O–H groups in total. The number of benzene rings is 1. The van der Waals surface area contributed by atoms with Crippen LogP contribution < -0.4 is 11.2 Å². The van der Waals surface area contributed by atoms with Gasteiger partial charge in [-0.05, 0) is 18.2 Å². The van der Waals surface area contributed by atoms with Gasteiger partial charge in [-0.3, -0.25) is 19.1 Å². The Bertz CT molecular complexity index is 688. The molecule has 0 aliphatic heterocycles. The summed E-state index contributed by atoms with van der Waals surface area (Å²) in [6.45, 7) is 0. The Kier molecular flexibility index (Phi) is 2.70. The van der Waals surface area contributed by atoms with Crippen molar-refractivity contribution in [3.05, 3.63) is 62.7 Å². The highest BCUT2D eigenvalue weighted by atomic mass is 19.1. The van der Waals surface area contributed by atoms with Gasteiger partial charge in [0.2, 0.25) is 0 Å². The lowest BCUT2D eigenvalue weighted by molar-refractivity contribution is 0.112. The van der Waals surface area contributed by atoms with E-state index in [-0.39, 0.29) is 11.3 Å². The number of nitrogens with one attached hydrogen (secondary N) is 1. The van der Waals surface area contributed by atoms with Crippen LogP contribution in [0.2, 0.25) is 0 Å². The van der Waals surface area contributed by atoms with Crippen molar-refractivity contribution in [1.29, 1.82) is 0 Å².